The van der Waals surface area contributed by atoms with Crippen molar-refractivity contribution in [1.82, 2.24) is 15.5 Å². The van der Waals surface area contributed by atoms with Crippen molar-refractivity contribution in [2.24, 2.45) is 0 Å². The van der Waals surface area contributed by atoms with Crippen molar-refractivity contribution in [3.8, 4) is 0 Å². The quantitative estimate of drug-likeness (QED) is 0.800. The van der Waals surface area contributed by atoms with Crippen LogP contribution in [0, 0.1) is 6.92 Å². The summed E-state index contributed by atoms with van der Waals surface area (Å²) in [5.41, 5.74) is 1.11. The Morgan fingerprint density at radius 3 is 2.80 bits per heavy atom. The SMILES string of the molecule is Cc1nnc(NC(=O)NCCOCc2ccccc2)s1. The summed E-state index contributed by atoms with van der Waals surface area (Å²) in [6.45, 7) is 3.27. The van der Waals surface area contributed by atoms with Crippen LogP contribution in [0.5, 0.6) is 0 Å². The molecule has 7 heteroatoms. The van der Waals surface area contributed by atoms with Crippen LogP contribution in [0.25, 0.3) is 0 Å². The van der Waals surface area contributed by atoms with Crippen LogP contribution in [0.15, 0.2) is 30.3 Å². The number of urea groups is 1. The van der Waals surface area contributed by atoms with Gasteiger partial charge in [-0.2, -0.15) is 0 Å². The molecule has 2 amide bonds. The van der Waals surface area contributed by atoms with E-state index in [0.29, 0.717) is 24.9 Å². The van der Waals surface area contributed by atoms with Gasteiger partial charge in [0.05, 0.1) is 13.2 Å². The molecule has 0 aliphatic carbocycles. The second-order valence-corrected chi connectivity index (χ2v) is 5.23. The molecule has 1 aromatic carbocycles. The fourth-order valence-corrected chi connectivity index (χ4v) is 2.08. The molecule has 20 heavy (non-hydrogen) atoms. The number of carbonyl (C=O) groups excluding carboxylic acids is 1. The van der Waals surface area contributed by atoms with E-state index in [1.165, 1.54) is 11.3 Å². The molecular formula is C13H16N4O2S. The van der Waals surface area contributed by atoms with E-state index in [0.717, 1.165) is 10.6 Å². The fourth-order valence-electron chi connectivity index (χ4n) is 1.49. The average molecular weight is 292 g/mol. The van der Waals surface area contributed by atoms with Gasteiger partial charge in [0, 0.05) is 6.54 Å². The van der Waals surface area contributed by atoms with Crippen LogP contribution < -0.4 is 10.6 Å². The van der Waals surface area contributed by atoms with Gasteiger partial charge in [-0.05, 0) is 12.5 Å². The van der Waals surface area contributed by atoms with Crippen molar-refractivity contribution in [3.05, 3.63) is 40.9 Å². The summed E-state index contributed by atoms with van der Waals surface area (Å²) >= 11 is 1.33. The molecule has 0 radical (unpaired) electrons. The Morgan fingerprint density at radius 2 is 2.10 bits per heavy atom. The molecule has 0 bridgehead atoms. The normalized spacial score (nSPS) is 10.2. The topological polar surface area (TPSA) is 76.1 Å². The molecule has 1 heterocycles. The van der Waals surface area contributed by atoms with Crippen molar-refractivity contribution in [2.45, 2.75) is 13.5 Å². The number of anilines is 1. The number of aromatic nitrogens is 2. The highest BCUT2D eigenvalue weighted by Gasteiger charge is 2.04. The van der Waals surface area contributed by atoms with Crippen molar-refractivity contribution >= 4 is 22.5 Å². The third-order valence-electron chi connectivity index (χ3n) is 2.39. The Morgan fingerprint density at radius 1 is 1.30 bits per heavy atom. The number of amides is 2. The number of hydrogen-bond acceptors (Lipinski definition) is 5. The lowest BCUT2D eigenvalue weighted by Crippen LogP contribution is -2.31. The summed E-state index contributed by atoms with van der Waals surface area (Å²) < 4.78 is 5.46. The van der Waals surface area contributed by atoms with Gasteiger partial charge >= 0.3 is 6.03 Å². The van der Waals surface area contributed by atoms with Gasteiger partial charge in [0.15, 0.2) is 0 Å². The number of aryl methyl sites for hydroxylation is 1. The Bertz CT molecular complexity index is 544. The highest BCUT2D eigenvalue weighted by atomic mass is 32.1. The highest BCUT2D eigenvalue weighted by Crippen LogP contribution is 2.12. The second kappa shape index (κ2) is 7.56. The third kappa shape index (κ3) is 4.94. The molecule has 0 saturated carbocycles. The Hall–Kier alpha value is -1.99. The van der Waals surface area contributed by atoms with Gasteiger partial charge < -0.3 is 10.1 Å². The first-order valence-corrected chi connectivity index (χ1v) is 7.02. The zero-order valence-corrected chi connectivity index (χ0v) is 11.9. The number of ether oxygens (including phenoxy) is 1. The summed E-state index contributed by atoms with van der Waals surface area (Å²) in [4.78, 5) is 11.5. The molecule has 2 N–H and O–H groups in total. The van der Waals surface area contributed by atoms with Crippen LogP contribution in [-0.4, -0.2) is 29.4 Å². The van der Waals surface area contributed by atoms with Crippen LogP contribution >= 0.6 is 11.3 Å². The lowest BCUT2D eigenvalue weighted by atomic mass is 10.2. The number of nitrogens with one attached hydrogen (secondary N) is 2. The number of hydrogen-bond donors (Lipinski definition) is 2. The molecule has 0 aliphatic heterocycles. The van der Waals surface area contributed by atoms with Gasteiger partial charge in [0.1, 0.15) is 5.01 Å². The van der Waals surface area contributed by atoms with E-state index in [1.807, 2.05) is 37.3 Å². The number of benzene rings is 1. The summed E-state index contributed by atoms with van der Waals surface area (Å²) in [7, 11) is 0. The number of carbonyl (C=O) groups is 1. The lowest BCUT2D eigenvalue weighted by molar-refractivity contribution is 0.124. The van der Waals surface area contributed by atoms with E-state index in [-0.39, 0.29) is 6.03 Å². The molecule has 2 rings (SSSR count). The van der Waals surface area contributed by atoms with E-state index >= 15 is 0 Å². The average Bonchev–Trinajstić information content (AvgIpc) is 2.85. The maximum atomic E-state index is 11.5. The largest absolute Gasteiger partial charge is 0.375 e. The van der Waals surface area contributed by atoms with Crippen LogP contribution in [0.3, 0.4) is 0 Å². The van der Waals surface area contributed by atoms with E-state index in [1.54, 1.807) is 0 Å². The molecule has 0 atom stereocenters. The molecule has 0 unspecified atom stereocenters. The monoisotopic (exact) mass is 292 g/mol. The second-order valence-electron chi connectivity index (χ2n) is 4.05. The molecule has 0 fully saturated rings. The number of rotatable bonds is 6. The van der Waals surface area contributed by atoms with Crippen molar-refractivity contribution in [2.75, 3.05) is 18.5 Å². The van der Waals surface area contributed by atoms with Crippen LogP contribution in [0.1, 0.15) is 10.6 Å². The van der Waals surface area contributed by atoms with Crippen molar-refractivity contribution < 1.29 is 9.53 Å². The van der Waals surface area contributed by atoms with Crippen LogP contribution in [0.2, 0.25) is 0 Å². The van der Waals surface area contributed by atoms with Crippen molar-refractivity contribution in [1.29, 1.82) is 0 Å². The van der Waals surface area contributed by atoms with Gasteiger partial charge in [-0.15, -0.1) is 10.2 Å². The Balaban J connectivity index is 1.58. The van der Waals surface area contributed by atoms with E-state index in [9.17, 15) is 4.79 Å². The summed E-state index contributed by atoms with van der Waals surface area (Å²) in [5, 5.41) is 14.2. The minimum atomic E-state index is -0.301. The molecule has 6 nitrogen and oxygen atoms in total. The van der Waals surface area contributed by atoms with E-state index < -0.39 is 0 Å². The smallest absolute Gasteiger partial charge is 0.321 e. The standard InChI is InChI=1S/C13H16N4O2S/c1-10-16-17-13(20-10)15-12(18)14-7-8-19-9-11-5-3-2-4-6-11/h2-6H,7-9H2,1H3,(H2,14,15,17,18). The predicted molar refractivity (Wildman–Crippen MR) is 77.8 cm³/mol. The summed E-state index contributed by atoms with van der Waals surface area (Å²) in [6.07, 6.45) is 0. The minimum absolute atomic E-state index is 0.301. The van der Waals surface area contributed by atoms with Crippen LogP contribution in [0.4, 0.5) is 9.93 Å². The maximum Gasteiger partial charge on any atom is 0.321 e. The Kier molecular flexibility index (Phi) is 5.45. The molecule has 0 aliphatic rings. The maximum absolute atomic E-state index is 11.5. The third-order valence-corrected chi connectivity index (χ3v) is 3.14. The minimum Gasteiger partial charge on any atom is -0.375 e. The van der Waals surface area contributed by atoms with Crippen LogP contribution in [-0.2, 0) is 11.3 Å². The summed E-state index contributed by atoms with van der Waals surface area (Å²) in [5.74, 6) is 0. The molecule has 106 valence electrons. The summed E-state index contributed by atoms with van der Waals surface area (Å²) in [6, 6.07) is 9.59. The first kappa shape index (κ1) is 14.4. The van der Waals surface area contributed by atoms with E-state index in [4.69, 9.17) is 4.74 Å². The molecule has 2 aromatic rings. The van der Waals surface area contributed by atoms with Gasteiger partial charge in [-0.3, -0.25) is 5.32 Å². The van der Waals surface area contributed by atoms with Crippen molar-refractivity contribution in [3.63, 3.8) is 0 Å². The van der Waals surface area contributed by atoms with Gasteiger partial charge in [-0.1, -0.05) is 41.7 Å². The first-order valence-electron chi connectivity index (χ1n) is 6.20. The van der Waals surface area contributed by atoms with Gasteiger partial charge in [0.2, 0.25) is 5.13 Å². The fraction of sp³-hybridized carbons (Fsp3) is 0.308. The van der Waals surface area contributed by atoms with Gasteiger partial charge in [0.25, 0.3) is 0 Å². The lowest BCUT2D eigenvalue weighted by Gasteiger charge is -2.06. The highest BCUT2D eigenvalue weighted by molar-refractivity contribution is 7.15. The predicted octanol–water partition coefficient (Wildman–Crippen LogP) is 2.18. The molecule has 0 spiro atoms. The number of nitrogens with zero attached hydrogens (tertiary/aromatic N) is 2. The van der Waals surface area contributed by atoms with Gasteiger partial charge in [-0.25, -0.2) is 4.79 Å². The Labute approximate surface area is 121 Å². The van der Waals surface area contributed by atoms with E-state index in [2.05, 4.69) is 20.8 Å². The molecule has 0 saturated heterocycles. The first-order chi connectivity index (χ1) is 9.74. The zero-order valence-electron chi connectivity index (χ0n) is 11.1. The molecular weight excluding hydrogens is 276 g/mol. The molecule has 1 aromatic heterocycles. The zero-order chi connectivity index (χ0) is 14.2.